The standard InChI is InChI=1S/C26H26F8N6O4/c27-19(28)11-44-23-15(22(43)36-14-4-2-13(3-5-14)25(29,30)31)8-18-21(39-23)40-24(38-18)37-17-7-12(9-35-20(42)10-41)1-6-16(17)26(32,33)34/h1,6-8,13-14,19,41H,2-5,9-11H2,(H,35,42)(H,36,43)(H2,37,38,39,40). The second-order valence-corrected chi connectivity index (χ2v) is 10.0. The number of H-pyrrole nitrogens is 1. The first-order chi connectivity index (χ1) is 20.6. The van der Waals surface area contributed by atoms with E-state index in [1.165, 1.54) is 0 Å². The molecule has 0 unspecified atom stereocenters. The number of amides is 2. The molecular formula is C26H26F8N6O4. The Hall–Kier alpha value is -4.22. The third kappa shape index (κ3) is 8.23. The largest absolute Gasteiger partial charge is 0.471 e. The zero-order chi connectivity index (χ0) is 32.2. The van der Waals surface area contributed by atoms with Gasteiger partial charge in [-0.05, 0) is 49.4 Å². The Morgan fingerprint density at radius 1 is 1.05 bits per heavy atom. The summed E-state index contributed by atoms with van der Waals surface area (Å²) in [7, 11) is 0. The molecule has 0 bridgehead atoms. The monoisotopic (exact) mass is 638 g/mol. The summed E-state index contributed by atoms with van der Waals surface area (Å²) in [5.74, 6) is -3.94. The van der Waals surface area contributed by atoms with E-state index in [-0.39, 0.29) is 60.5 Å². The molecule has 240 valence electrons. The number of aliphatic hydroxyl groups excluding tert-OH is 1. The summed E-state index contributed by atoms with van der Waals surface area (Å²) in [4.78, 5) is 35.1. The van der Waals surface area contributed by atoms with Crippen molar-refractivity contribution in [3.05, 3.63) is 41.0 Å². The van der Waals surface area contributed by atoms with Crippen LogP contribution in [0.3, 0.4) is 0 Å². The first kappa shape index (κ1) is 32.7. The molecule has 10 nitrogen and oxygen atoms in total. The van der Waals surface area contributed by atoms with Crippen molar-refractivity contribution in [1.29, 1.82) is 0 Å². The molecule has 2 heterocycles. The molecule has 0 aliphatic heterocycles. The number of fused-ring (bicyclic) bond motifs is 1. The van der Waals surface area contributed by atoms with Crippen molar-refractivity contribution >= 4 is 34.6 Å². The van der Waals surface area contributed by atoms with Gasteiger partial charge in [-0.15, -0.1) is 0 Å². The van der Waals surface area contributed by atoms with Gasteiger partial charge in [-0.3, -0.25) is 9.59 Å². The number of pyridine rings is 1. The molecule has 0 radical (unpaired) electrons. The van der Waals surface area contributed by atoms with Gasteiger partial charge in [-0.25, -0.2) is 8.78 Å². The van der Waals surface area contributed by atoms with Gasteiger partial charge in [0.25, 0.3) is 12.3 Å². The first-order valence-corrected chi connectivity index (χ1v) is 13.2. The van der Waals surface area contributed by atoms with Crippen molar-refractivity contribution in [2.75, 3.05) is 18.5 Å². The Kier molecular flexibility index (Phi) is 9.80. The van der Waals surface area contributed by atoms with Crippen molar-refractivity contribution in [1.82, 2.24) is 25.6 Å². The molecule has 1 saturated carbocycles. The highest BCUT2D eigenvalue weighted by atomic mass is 19.4. The summed E-state index contributed by atoms with van der Waals surface area (Å²) < 4.78 is 111. The number of imidazole rings is 1. The van der Waals surface area contributed by atoms with Crippen LogP contribution in [0, 0.1) is 5.92 Å². The first-order valence-electron chi connectivity index (χ1n) is 13.2. The average Bonchev–Trinajstić information content (AvgIpc) is 3.34. The van der Waals surface area contributed by atoms with Gasteiger partial charge >= 0.3 is 12.4 Å². The normalized spacial score (nSPS) is 17.5. The molecule has 1 fully saturated rings. The van der Waals surface area contributed by atoms with Crippen LogP contribution in [0.5, 0.6) is 5.88 Å². The van der Waals surface area contributed by atoms with E-state index in [9.17, 15) is 44.7 Å². The fourth-order valence-electron chi connectivity index (χ4n) is 4.66. The number of carbonyl (C=O) groups is 2. The van der Waals surface area contributed by atoms with Crippen molar-refractivity contribution < 1.29 is 54.6 Å². The summed E-state index contributed by atoms with van der Waals surface area (Å²) in [6.45, 7) is -2.17. The van der Waals surface area contributed by atoms with E-state index in [1.807, 2.05) is 0 Å². The quantitative estimate of drug-likeness (QED) is 0.201. The molecule has 2 amide bonds. The van der Waals surface area contributed by atoms with E-state index in [2.05, 4.69) is 30.9 Å². The van der Waals surface area contributed by atoms with E-state index in [0.29, 0.717) is 0 Å². The fourth-order valence-corrected chi connectivity index (χ4v) is 4.66. The number of carbonyl (C=O) groups excluding carboxylic acids is 2. The molecule has 4 rings (SSSR count). The van der Waals surface area contributed by atoms with Crippen LogP contribution in [0.15, 0.2) is 24.3 Å². The van der Waals surface area contributed by atoms with Crippen molar-refractivity contribution in [2.24, 2.45) is 5.92 Å². The summed E-state index contributed by atoms with van der Waals surface area (Å²) in [5, 5.41) is 16.2. The van der Waals surface area contributed by atoms with Gasteiger partial charge in [0.1, 0.15) is 12.2 Å². The van der Waals surface area contributed by atoms with Crippen molar-refractivity contribution in [3.63, 3.8) is 0 Å². The minimum Gasteiger partial charge on any atom is -0.471 e. The highest BCUT2D eigenvalue weighted by Gasteiger charge is 2.41. The lowest BCUT2D eigenvalue weighted by atomic mass is 9.85. The lowest BCUT2D eigenvalue weighted by Gasteiger charge is -2.30. The van der Waals surface area contributed by atoms with E-state index < -0.39 is 72.9 Å². The van der Waals surface area contributed by atoms with Crippen LogP contribution in [-0.2, 0) is 17.5 Å². The summed E-state index contributed by atoms with van der Waals surface area (Å²) in [6.07, 6.45) is -12.5. The van der Waals surface area contributed by atoms with Gasteiger partial charge in [-0.2, -0.15) is 36.3 Å². The maximum atomic E-state index is 13.7. The molecule has 5 N–H and O–H groups in total. The second-order valence-electron chi connectivity index (χ2n) is 10.0. The smallest absolute Gasteiger partial charge is 0.418 e. The van der Waals surface area contributed by atoms with Crippen LogP contribution in [0.2, 0.25) is 0 Å². The number of anilines is 2. The molecule has 1 aliphatic rings. The molecule has 0 saturated heterocycles. The maximum absolute atomic E-state index is 13.7. The molecule has 0 spiro atoms. The zero-order valence-corrected chi connectivity index (χ0v) is 22.6. The van der Waals surface area contributed by atoms with Gasteiger partial charge < -0.3 is 30.8 Å². The Balaban J connectivity index is 1.60. The molecule has 1 aliphatic carbocycles. The molecular weight excluding hydrogens is 612 g/mol. The number of aromatic amines is 1. The van der Waals surface area contributed by atoms with Gasteiger partial charge in [-0.1, -0.05) is 6.07 Å². The van der Waals surface area contributed by atoms with Gasteiger partial charge in [0.15, 0.2) is 12.3 Å². The number of nitrogens with one attached hydrogen (secondary N) is 4. The maximum Gasteiger partial charge on any atom is 0.418 e. The van der Waals surface area contributed by atoms with Crippen LogP contribution in [0.25, 0.3) is 11.2 Å². The van der Waals surface area contributed by atoms with Crippen LogP contribution in [0.1, 0.15) is 47.2 Å². The number of nitrogens with zero attached hydrogens (tertiary/aromatic N) is 2. The Bertz CT molecular complexity index is 1490. The molecule has 1 aromatic carbocycles. The highest BCUT2D eigenvalue weighted by molar-refractivity contribution is 5.99. The molecule has 3 aromatic rings. The third-order valence-electron chi connectivity index (χ3n) is 6.83. The molecule has 0 atom stereocenters. The number of aliphatic hydroxyl groups is 1. The lowest BCUT2D eigenvalue weighted by Crippen LogP contribution is -2.40. The number of halogens is 8. The van der Waals surface area contributed by atoms with E-state index >= 15 is 0 Å². The van der Waals surface area contributed by atoms with Gasteiger partial charge in [0, 0.05) is 12.6 Å². The fraction of sp³-hybridized carbons (Fsp3) is 0.462. The van der Waals surface area contributed by atoms with Crippen LogP contribution in [-0.4, -0.2) is 63.7 Å². The predicted octanol–water partition coefficient (Wildman–Crippen LogP) is 4.82. The Morgan fingerprint density at radius 2 is 1.75 bits per heavy atom. The van der Waals surface area contributed by atoms with E-state index in [4.69, 9.17) is 9.84 Å². The van der Waals surface area contributed by atoms with Crippen LogP contribution >= 0.6 is 0 Å². The van der Waals surface area contributed by atoms with Crippen molar-refractivity contribution in [3.8, 4) is 5.88 Å². The minimum absolute atomic E-state index is 0.00255. The van der Waals surface area contributed by atoms with E-state index in [1.54, 1.807) is 0 Å². The van der Waals surface area contributed by atoms with Gasteiger partial charge in [0.05, 0.1) is 22.7 Å². The number of alkyl halides is 8. The topological polar surface area (TPSA) is 141 Å². The number of ether oxygens (including phenoxy) is 1. The van der Waals surface area contributed by atoms with Gasteiger partial charge in [0.2, 0.25) is 17.7 Å². The lowest BCUT2D eigenvalue weighted by molar-refractivity contribution is -0.182. The number of benzene rings is 1. The number of hydrogen-bond acceptors (Lipinski definition) is 7. The Morgan fingerprint density at radius 3 is 2.36 bits per heavy atom. The van der Waals surface area contributed by atoms with Crippen LogP contribution < -0.4 is 20.7 Å². The third-order valence-corrected chi connectivity index (χ3v) is 6.83. The Labute approximate surface area is 243 Å². The zero-order valence-electron chi connectivity index (χ0n) is 22.6. The summed E-state index contributed by atoms with van der Waals surface area (Å²) in [5.41, 5.74) is -1.88. The SMILES string of the molecule is O=C(CO)NCc1ccc(C(F)(F)F)c(Nc2nc3nc(OCC(F)F)c(C(=O)NC4CCC(C(F)(F)F)CC4)cc3[nH]2)c1. The number of hydrogen-bond donors (Lipinski definition) is 5. The average molecular weight is 639 g/mol. The highest BCUT2D eigenvalue weighted by Crippen LogP contribution is 2.38. The molecule has 44 heavy (non-hydrogen) atoms. The summed E-state index contributed by atoms with van der Waals surface area (Å²) in [6, 6.07) is 3.48. The number of aromatic nitrogens is 3. The van der Waals surface area contributed by atoms with Crippen molar-refractivity contribution in [2.45, 2.75) is 57.0 Å². The number of rotatable bonds is 10. The second kappa shape index (κ2) is 13.2. The molecule has 2 aromatic heterocycles. The predicted molar refractivity (Wildman–Crippen MR) is 138 cm³/mol. The summed E-state index contributed by atoms with van der Waals surface area (Å²) >= 11 is 0. The minimum atomic E-state index is -4.81. The van der Waals surface area contributed by atoms with Crippen LogP contribution in [0.4, 0.5) is 46.8 Å². The van der Waals surface area contributed by atoms with E-state index in [0.717, 1.165) is 24.3 Å². The molecule has 18 heteroatoms.